The largest absolute Gasteiger partial charge is 0.506 e. The number of benzene rings is 3. The highest BCUT2D eigenvalue weighted by Crippen LogP contribution is 2.53. The molecule has 0 bridgehead atoms. The molecule has 27 heteroatoms. The van der Waals surface area contributed by atoms with Gasteiger partial charge in [0.05, 0.1) is 69.2 Å². The first-order chi connectivity index (χ1) is 39.6. The number of unbranched alkanes of at least 4 members (excludes halogenated alkanes) is 4. The zero-order valence-corrected chi connectivity index (χ0v) is 60.8. The molecule has 1 aliphatic carbocycles. The van der Waals surface area contributed by atoms with E-state index in [1.807, 2.05) is 131 Å². The van der Waals surface area contributed by atoms with Gasteiger partial charge in [0, 0.05) is 93.9 Å². The summed E-state index contributed by atoms with van der Waals surface area (Å²) in [7, 11) is 0. The molecule has 2 aromatic rings. The van der Waals surface area contributed by atoms with Gasteiger partial charge < -0.3 is 39.1 Å². The number of hydrogen-bond donors (Lipinski definition) is 3. The third-order valence-corrected chi connectivity index (χ3v) is 18.3. The van der Waals surface area contributed by atoms with Gasteiger partial charge in [-0.15, -0.1) is 0 Å². The van der Waals surface area contributed by atoms with Crippen LogP contribution in [0.2, 0.25) is 20.1 Å². The fourth-order valence-corrected chi connectivity index (χ4v) is 13.7. The van der Waals surface area contributed by atoms with E-state index >= 15 is 0 Å². The van der Waals surface area contributed by atoms with Crippen LogP contribution >= 0.6 is 137 Å². The number of halogens is 8. The lowest BCUT2D eigenvalue weighted by Crippen LogP contribution is -2.50. The van der Waals surface area contributed by atoms with Crippen LogP contribution in [0.4, 0.5) is 0 Å². The maximum atomic E-state index is 14.1. The van der Waals surface area contributed by atoms with Gasteiger partial charge in [-0.3, -0.25) is 48.4 Å². The van der Waals surface area contributed by atoms with Gasteiger partial charge in [0.25, 0.3) is 0 Å². The van der Waals surface area contributed by atoms with E-state index in [-0.39, 0.29) is 127 Å². The van der Waals surface area contributed by atoms with E-state index in [9.17, 15) is 38.7 Å². The number of carbonyl (C=O) groups is 6. The van der Waals surface area contributed by atoms with E-state index in [1.54, 1.807) is 53.7 Å². The molecule has 1 fully saturated rings. The van der Waals surface area contributed by atoms with Crippen LogP contribution in [0.1, 0.15) is 111 Å². The predicted molar refractivity (Wildman–Crippen MR) is 364 cm³/mol. The van der Waals surface area contributed by atoms with E-state index in [4.69, 9.17) is 69.8 Å². The highest BCUT2D eigenvalue weighted by Gasteiger charge is 2.34. The number of rotatable bonds is 21. The molecule has 0 saturated carbocycles. The maximum Gasteiger partial charge on any atom is 0.340 e. The minimum atomic E-state index is -0.809. The lowest BCUT2D eigenvalue weighted by Gasteiger charge is -2.34. The van der Waals surface area contributed by atoms with Crippen LogP contribution in [-0.2, 0) is 42.9 Å². The molecule has 3 N–H and O–H groups in total. The zero-order chi connectivity index (χ0) is 63.3. The summed E-state index contributed by atoms with van der Waals surface area (Å²) < 4.78 is 30.6. The van der Waals surface area contributed by atoms with Crippen molar-refractivity contribution in [3.05, 3.63) is 62.3 Å². The van der Waals surface area contributed by atoms with Gasteiger partial charge >= 0.3 is 23.9 Å². The van der Waals surface area contributed by atoms with Gasteiger partial charge in [-0.2, -0.15) is 0 Å². The summed E-state index contributed by atoms with van der Waals surface area (Å²) in [6.07, 6.45) is 3.55. The van der Waals surface area contributed by atoms with Crippen molar-refractivity contribution in [3.8, 4) is 28.2 Å². The van der Waals surface area contributed by atoms with Crippen LogP contribution in [0, 0.1) is 14.3 Å². The summed E-state index contributed by atoms with van der Waals surface area (Å²) in [6.45, 7) is 20.0. The molecule has 5 rings (SSSR count). The fourth-order valence-electron chi connectivity index (χ4n) is 9.11. The summed E-state index contributed by atoms with van der Waals surface area (Å²) in [4.78, 5) is 101. The summed E-state index contributed by atoms with van der Waals surface area (Å²) in [5.74, 6) is -2.24. The van der Waals surface area contributed by atoms with E-state index < -0.39 is 34.7 Å². The molecular formula is C58H74Cl4I4N6O13. The van der Waals surface area contributed by atoms with Gasteiger partial charge in [0.2, 0.25) is 17.2 Å². The van der Waals surface area contributed by atoms with Crippen LogP contribution in [0.15, 0.2) is 21.3 Å². The van der Waals surface area contributed by atoms with E-state index in [0.717, 1.165) is 12.8 Å². The summed E-state index contributed by atoms with van der Waals surface area (Å²) >= 11 is 34.9. The van der Waals surface area contributed by atoms with E-state index in [0.29, 0.717) is 98.8 Å². The summed E-state index contributed by atoms with van der Waals surface area (Å²) in [5, 5.41) is 16.6. The summed E-state index contributed by atoms with van der Waals surface area (Å²) in [6, 6.07) is 3.31. The lowest BCUT2D eigenvalue weighted by atomic mass is 9.90. The summed E-state index contributed by atoms with van der Waals surface area (Å²) in [5.41, 5.74) is -1.30. The number of fused-ring (bicyclic) bond motifs is 2. The first-order valence-corrected chi connectivity index (χ1v) is 33.5. The SMILES string of the molecule is CC(C)(C)OC(=O)CN1CCN(CC(=O)NCCNC(=O)CCCCCCCOC(=O)c2c(Cl)c(Cl)c(Cl)c(Cl)c2-c2c3cc(I)c(=O)c(I)c-3oc3c(I)c(O)c(I)cc23)CCN(CC(=O)OC(C)(C)C)CCN(CC(=O)OC(C)(C)C)CC1. The second-order valence-corrected chi connectivity index (χ2v) is 29.5. The van der Waals surface area contributed by atoms with Gasteiger partial charge in [0.1, 0.15) is 26.1 Å². The Labute approximate surface area is 571 Å². The van der Waals surface area contributed by atoms with Crippen molar-refractivity contribution >= 4 is 183 Å². The molecule has 0 aromatic heterocycles. The molecule has 19 nitrogen and oxygen atoms in total. The van der Waals surface area contributed by atoms with Crippen molar-refractivity contribution in [2.75, 3.05) is 98.2 Å². The topological polar surface area (TPSA) is 227 Å². The van der Waals surface area contributed by atoms with Crippen LogP contribution in [0.25, 0.3) is 33.4 Å². The van der Waals surface area contributed by atoms with E-state index in [2.05, 4.69) is 10.6 Å². The Hall–Kier alpha value is -2.33. The molecule has 0 unspecified atom stereocenters. The third kappa shape index (κ3) is 22.8. The molecular weight excluding hydrogens is 1640 g/mol. The van der Waals surface area contributed by atoms with Crippen molar-refractivity contribution in [1.82, 2.24) is 30.2 Å². The number of hydrogen-bond acceptors (Lipinski definition) is 17. The number of nitrogens with zero attached hydrogens (tertiary/aromatic N) is 4. The van der Waals surface area contributed by atoms with E-state index in [1.165, 1.54) is 0 Å². The first kappa shape index (κ1) is 73.4. The van der Waals surface area contributed by atoms with Crippen LogP contribution in [-0.4, -0.2) is 175 Å². The quantitative estimate of drug-likeness (QED) is 0.0134. The molecule has 2 amide bonds. The minimum absolute atomic E-state index is 0.000345. The van der Waals surface area contributed by atoms with Crippen molar-refractivity contribution in [2.45, 2.75) is 118 Å². The second kappa shape index (κ2) is 33.1. The van der Waals surface area contributed by atoms with Crippen molar-refractivity contribution in [3.63, 3.8) is 0 Å². The molecule has 85 heavy (non-hydrogen) atoms. The fraction of sp³-hybridized carbons (Fsp3) is 0.569. The molecule has 3 aliphatic rings. The molecule has 2 heterocycles. The zero-order valence-electron chi connectivity index (χ0n) is 49.2. The Bertz CT molecular complexity index is 3070. The van der Waals surface area contributed by atoms with Gasteiger partial charge in [-0.05, 0) is 178 Å². The van der Waals surface area contributed by atoms with Gasteiger partial charge in [0.15, 0.2) is 11.3 Å². The van der Waals surface area contributed by atoms with Crippen LogP contribution in [0.3, 0.4) is 0 Å². The van der Waals surface area contributed by atoms with Crippen LogP contribution < -0.4 is 16.1 Å². The van der Waals surface area contributed by atoms with Crippen LogP contribution in [0.5, 0.6) is 5.75 Å². The van der Waals surface area contributed by atoms with Gasteiger partial charge in [-0.25, -0.2) is 4.79 Å². The highest BCUT2D eigenvalue weighted by atomic mass is 127. The average molecular weight is 1710 g/mol. The minimum Gasteiger partial charge on any atom is -0.506 e. The predicted octanol–water partition coefficient (Wildman–Crippen LogP) is 11.3. The van der Waals surface area contributed by atoms with Crippen molar-refractivity contribution in [2.24, 2.45) is 0 Å². The average Bonchev–Trinajstić information content (AvgIpc) is 3.08. The molecule has 2 aromatic carbocycles. The third-order valence-electron chi connectivity index (χ3n) is 12.9. The molecule has 2 aliphatic heterocycles. The number of phenols is 1. The Kier molecular flexibility index (Phi) is 28.6. The Morgan fingerprint density at radius 1 is 0.565 bits per heavy atom. The van der Waals surface area contributed by atoms with Gasteiger partial charge in [-0.1, -0.05) is 65.7 Å². The first-order valence-electron chi connectivity index (χ1n) is 27.7. The number of amides is 2. The second-order valence-electron chi connectivity index (χ2n) is 23.5. The Balaban J connectivity index is 1.13. The number of ether oxygens (including phenoxy) is 4. The number of nitrogens with one attached hydrogen (secondary N) is 2. The molecule has 0 radical (unpaired) electrons. The number of phenolic OH excluding ortho intramolecular Hbond substituents is 1. The Morgan fingerprint density at radius 3 is 1.48 bits per heavy atom. The van der Waals surface area contributed by atoms with Crippen molar-refractivity contribution in [1.29, 1.82) is 0 Å². The maximum absolute atomic E-state index is 14.1. The lowest BCUT2D eigenvalue weighted by molar-refractivity contribution is -0.158. The molecule has 470 valence electrons. The number of carbonyl (C=O) groups excluding carboxylic acids is 6. The molecule has 0 atom stereocenters. The monoisotopic (exact) mass is 1710 g/mol. The number of aromatic hydroxyl groups is 1. The molecule has 1 saturated heterocycles. The Morgan fingerprint density at radius 2 is 1.00 bits per heavy atom. The normalized spacial score (nSPS) is 14.8. The van der Waals surface area contributed by atoms with Crippen molar-refractivity contribution < 1.29 is 57.2 Å². The standard InChI is InChI=1S/C58H74Cl4I4N6O13/c1-56(2,3)83-39(75)30-70-20-18-69(19-21-71(31-40(76)84-57(4,5)6)23-25-72(24-22-70)32-41(77)85-58(7,8)9)29-38(74)68-17-16-67-37(73)15-13-11-10-12-14-26-81-55(80)44-43(45(59)47(61)48(62)46(44)60)42-33-27-35(63)51(78)49(65)53(33)82-54-34(42)28-36(64)52(79)50(54)66/h27-28,78H,10-26,29-32H2,1-9H3,(H,67,73)(H,68,74). The smallest absolute Gasteiger partial charge is 0.340 e. The molecule has 0 spiro atoms. The number of esters is 4. The highest BCUT2D eigenvalue weighted by molar-refractivity contribution is 14.1.